The van der Waals surface area contributed by atoms with Gasteiger partial charge in [0.05, 0.1) is 6.54 Å². The number of hydrogen-bond donors (Lipinski definition) is 5. The van der Waals surface area contributed by atoms with Crippen molar-refractivity contribution in [2.24, 2.45) is 17.2 Å². The summed E-state index contributed by atoms with van der Waals surface area (Å²) in [5.74, 6) is -0.968. The first kappa shape index (κ1) is 13.9. The van der Waals surface area contributed by atoms with E-state index >= 15 is 0 Å². The number of hydrogen-bond acceptors (Lipinski definition) is 5. The van der Waals surface area contributed by atoms with E-state index in [0.717, 1.165) is 13.1 Å². The monoisotopic (exact) mass is 178 g/mol. The van der Waals surface area contributed by atoms with Crippen LogP contribution in [0, 0.1) is 0 Å². The number of carboxylic acid groups (broad SMARTS) is 1. The minimum absolute atomic E-state index is 0.278. The van der Waals surface area contributed by atoms with Gasteiger partial charge in [0.1, 0.15) is 0 Å². The molecule has 0 spiro atoms. The van der Waals surface area contributed by atoms with Gasteiger partial charge in [0, 0.05) is 26.2 Å². The third-order valence-electron chi connectivity index (χ3n) is 0.817. The Labute approximate surface area is 72.1 Å². The molecule has 6 heteroatoms. The highest BCUT2D eigenvalue weighted by molar-refractivity contribution is 5.68. The molecule has 0 aromatic rings. The zero-order valence-corrected chi connectivity index (χ0v) is 7.12. The van der Waals surface area contributed by atoms with Crippen LogP contribution in [0.3, 0.4) is 0 Å². The van der Waals surface area contributed by atoms with Crippen molar-refractivity contribution in [1.29, 1.82) is 0 Å². The standard InChI is InChI=1S/C4H13N3.C2H5NO2/c5-1-3-7-4-2-6;3-1-2(4)5/h7H,1-6H2;1,3H2,(H,4,5). The van der Waals surface area contributed by atoms with E-state index in [0.29, 0.717) is 13.1 Å². The van der Waals surface area contributed by atoms with Gasteiger partial charge >= 0.3 is 5.97 Å². The first-order valence-corrected chi connectivity index (χ1v) is 3.71. The summed E-state index contributed by atoms with van der Waals surface area (Å²) in [6.07, 6.45) is 0. The fraction of sp³-hybridized carbons (Fsp3) is 0.833. The molecule has 0 radical (unpaired) electrons. The topological polar surface area (TPSA) is 127 Å². The zero-order valence-electron chi connectivity index (χ0n) is 7.12. The molecule has 74 valence electrons. The second kappa shape index (κ2) is 12.9. The molecule has 12 heavy (non-hydrogen) atoms. The van der Waals surface area contributed by atoms with Gasteiger partial charge in [0.25, 0.3) is 0 Å². The van der Waals surface area contributed by atoms with E-state index in [2.05, 4.69) is 11.1 Å². The van der Waals surface area contributed by atoms with Crippen LogP contribution in [0.25, 0.3) is 0 Å². The summed E-state index contributed by atoms with van der Waals surface area (Å²) < 4.78 is 0. The molecule has 0 rings (SSSR count). The summed E-state index contributed by atoms with van der Waals surface area (Å²) in [4.78, 5) is 9.24. The number of aliphatic carboxylic acids is 1. The predicted molar refractivity (Wildman–Crippen MR) is 47.7 cm³/mol. The third-order valence-corrected chi connectivity index (χ3v) is 0.817. The molecule has 0 aliphatic heterocycles. The molecular formula is C6H18N4O2. The highest BCUT2D eigenvalue weighted by atomic mass is 16.4. The lowest BCUT2D eigenvalue weighted by molar-refractivity contribution is -0.135. The maximum absolute atomic E-state index is 9.24. The van der Waals surface area contributed by atoms with Gasteiger partial charge in [-0.3, -0.25) is 4.79 Å². The minimum Gasteiger partial charge on any atom is -0.480 e. The summed E-state index contributed by atoms with van der Waals surface area (Å²) >= 11 is 0. The van der Waals surface area contributed by atoms with E-state index in [1.54, 1.807) is 0 Å². The molecule has 0 aliphatic rings. The molecule has 0 amide bonds. The number of carboxylic acids is 1. The summed E-state index contributed by atoms with van der Waals surface area (Å²) in [5.41, 5.74) is 14.9. The summed E-state index contributed by atoms with van der Waals surface area (Å²) in [6, 6.07) is 0. The van der Waals surface area contributed by atoms with Crippen LogP contribution >= 0.6 is 0 Å². The van der Waals surface area contributed by atoms with Crippen LogP contribution in [0.5, 0.6) is 0 Å². The van der Waals surface area contributed by atoms with Crippen molar-refractivity contribution < 1.29 is 9.90 Å². The summed E-state index contributed by atoms with van der Waals surface area (Å²) in [7, 11) is 0. The van der Waals surface area contributed by atoms with E-state index in [4.69, 9.17) is 16.6 Å². The second-order valence-electron chi connectivity index (χ2n) is 1.93. The highest BCUT2D eigenvalue weighted by Crippen LogP contribution is 1.49. The van der Waals surface area contributed by atoms with Gasteiger partial charge < -0.3 is 27.6 Å². The number of rotatable bonds is 5. The van der Waals surface area contributed by atoms with Gasteiger partial charge in [-0.1, -0.05) is 0 Å². The Hall–Kier alpha value is -0.690. The van der Waals surface area contributed by atoms with E-state index in [1.165, 1.54) is 0 Å². The Morgan fingerprint density at radius 3 is 1.67 bits per heavy atom. The lowest BCUT2D eigenvalue weighted by Crippen LogP contribution is -2.27. The fourth-order valence-electron chi connectivity index (χ4n) is 0.329. The normalized spacial score (nSPS) is 8.58. The minimum atomic E-state index is -0.968. The molecule has 0 heterocycles. The first-order valence-electron chi connectivity index (χ1n) is 3.71. The van der Waals surface area contributed by atoms with Crippen LogP contribution < -0.4 is 22.5 Å². The van der Waals surface area contributed by atoms with Crippen LogP contribution in [0.2, 0.25) is 0 Å². The maximum atomic E-state index is 9.24. The van der Waals surface area contributed by atoms with Crippen LogP contribution in [-0.4, -0.2) is 43.8 Å². The van der Waals surface area contributed by atoms with Gasteiger partial charge in [-0.2, -0.15) is 0 Å². The predicted octanol–water partition coefficient (Wildman–Crippen LogP) is -2.48. The molecule has 0 aromatic carbocycles. The van der Waals surface area contributed by atoms with Crippen molar-refractivity contribution in [3.05, 3.63) is 0 Å². The van der Waals surface area contributed by atoms with Crippen LogP contribution in [0.4, 0.5) is 0 Å². The van der Waals surface area contributed by atoms with Gasteiger partial charge in [0.2, 0.25) is 0 Å². The number of carbonyl (C=O) groups is 1. The average Bonchev–Trinajstić information content (AvgIpc) is 2.07. The van der Waals surface area contributed by atoms with E-state index < -0.39 is 5.97 Å². The summed E-state index contributed by atoms with van der Waals surface area (Å²) in [6.45, 7) is 2.86. The largest absolute Gasteiger partial charge is 0.480 e. The van der Waals surface area contributed by atoms with Gasteiger partial charge in [0.15, 0.2) is 0 Å². The smallest absolute Gasteiger partial charge is 0.317 e. The van der Waals surface area contributed by atoms with E-state index in [-0.39, 0.29) is 6.54 Å². The van der Waals surface area contributed by atoms with Crippen LogP contribution in [0.15, 0.2) is 0 Å². The Morgan fingerprint density at radius 1 is 1.17 bits per heavy atom. The Morgan fingerprint density at radius 2 is 1.50 bits per heavy atom. The maximum Gasteiger partial charge on any atom is 0.317 e. The summed E-state index contributed by atoms with van der Waals surface area (Å²) in [5, 5.41) is 10.6. The molecule has 0 fully saturated rings. The molecule has 0 saturated heterocycles. The molecule has 0 atom stereocenters. The van der Waals surface area contributed by atoms with Crippen LogP contribution in [-0.2, 0) is 4.79 Å². The van der Waals surface area contributed by atoms with Crippen LogP contribution in [0.1, 0.15) is 0 Å². The molecular weight excluding hydrogens is 160 g/mol. The molecule has 0 aromatic heterocycles. The molecule has 6 nitrogen and oxygen atoms in total. The van der Waals surface area contributed by atoms with Crippen molar-refractivity contribution in [1.82, 2.24) is 5.32 Å². The van der Waals surface area contributed by atoms with Gasteiger partial charge in [-0.15, -0.1) is 0 Å². The second-order valence-corrected chi connectivity index (χ2v) is 1.93. The van der Waals surface area contributed by atoms with Gasteiger partial charge in [-0.25, -0.2) is 0 Å². The average molecular weight is 178 g/mol. The quantitative estimate of drug-likeness (QED) is 0.297. The van der Waals surface area contributed by atoms with Gasteiger partial charge in [-0.05, 0) is 0 Å². The zero-order chi connectivity index (χ0) is 9.82. The Balaban J connectivity index is 0. The Bertz CT molecular complexity index is 95.5. The van der Waals surface area contributed by atoms with Crippen molar-refractivity contribution in [2.45, 2.75) is 0 Å². The Kier molecular flexibility index (Phi) is 15.0. The van der Waals surface area contributed by atoms with Crippen molar-refractivity contribution >= 4 is 5.97 Å². The van der Waals surface area contributed by atoms with E-state index in [1.807, 2.05) is 0 Å². The van der Waals surface area contributed by atoms with Crippen molar-refractivity contribution in [2.75, 3.05) is 32.7 Å². The molecule has 0 saturated carbocycles. The van der Waals surface area contributed by atoms with Crippen molar-refractivity contribution in [3.8, 4) is 0 Å². The molecule has 0 aliphatic carbocycles. The lowest BCUT2D eigenvalue weighted by atomic mass is 10.6. The molecule has 0 bridgehead atoms. The van der Waals surface area contributed by atoms with E-state index in [9.17, 15) is 4.79 Å². The first-order chi connectivity index (χ1) is 5.68. The third kappa shape index (κ3) is 22.8. The SMILES string of the molecule is NCC(=O)O.NCCNCCN. The lowest BCUT2D eigenvalue weighted by Gasteiger charge is -1.95. The number of nitrogens with one attached hydrogen (secondary N) is 1. The molecule has 8 N–H and O–H groups in total. The number of nitrogens with two attached hydrogens (primary N) is 3. The molecule has 0 unspecified atom stereocenters. The fourth-order valence-corrected chi connectivity index (χ4v) is 0.329. The highest BCUT2D eigenvalue weighted by Gasteiger charge is 1.81. The van der Waals surface area contributed by atoms with Crippen molar-refractivity contribution in [3.63, 3.8) is 0 Å².